The Morgan fingerprint density at radius 3 is 2.16 bits per heavy atom. The van der Waals surface area contributed by atoms with Crippen LogP contribution in [0, 0.1) is 0 Å². The summed E-state index contributed by atoms with van der Waals surface area (Å²) in [6.45, 7) is -0.301. The van der Waals surface area contributed by atoms with E-state index in [1.54, 1.807) is 6.07 Å². The third-order valence-corrected chi connectivity index (χ3v) is 3.63. The smallest absolute Gasteiger partial charge is 0.343 e. The van der Waals surface area contributed by atoms with Crippen LogP contribution in [0.25, 0.3) is 10.8 Å². The molecular formula is C20H16O5. The first-order chi connectivity index (χ1) is 12.2. The number of aliphatic hydroxyl groups is 1. The van der Waals surface area contributed by atoms with Crippen molar-refractivity contribution in [2.24, 2.45) is 0 Å². The molecule has 0 aliphatic rings. The minimum atomic E-state index is -0.553. The number of aliphatic hydroxyl groups excluding tert-OH is 1. The molecule has 126 valence electrons. The number of hydrogen-bond donors (Lipinski definition) is 1. The van der Waals surface area contributed by atoms with Gasteiger partial charge in [-0.2, -0.15) is 0 Å². The second kappa shape index (κ2) is 7.59. The first-order valence-electron chi connectivity index (χ1n) is 7.77. The minimum Gasteiger partial charge on any atom is -0.460 e. The fourth-order valence-corrected chi connectivity index (χ4v) is 2.41. The molecule has 0 heterocycles. The van der Waals surface area contributed by atoms with Gasteiger partial charge in [-0.1, -0.05) is 36.4 Å². The van der Waals surface area contributed by atoms with Crippen LogP contribution < -0.4 is 4.74 Å². The lowest BCUT2D eigenvalue weighted by molar-refractivity contribution is 0.0433. The first-order valence-corrected chi connectivity index (χ1v) is 7.77. The van der Waals surface area contributed by atoms with E-state index >= 15 is 0 Å². The highest BCUT2D eigenvalue weighted by Gasteiger charge is 2.13. The Balaban J connectivity index is 1.76. The Hall–Kier alpha value is -3.18. The zero-order chi connectivity index (χ0) is 17.6. The van der Waals surface area contributed by atoms with Gasteiger partial charge in [0.25, 0.3) is 0 Å². The van der Waals surface area contributed by atoms with Crippen molar-refractivity contribution in [2.75, 3.05) is 13.2 Å². The van der Waals surface area contributed by atoms with Crippen LogP contribution in [0.2, 0.25) is 0 Å². The summed E-state index contributed by atoms with van der Waals surface area (Å²) >= 11 is 0. The zero-order valence-electron chi connectivity index (χ0n) is 13.3. The highest BCUT2D eigenvalue weighted by atomic mass is 16.5. The normalized spacial score (nSPS) is 10.4. The summed E-state index contributed by atoms with van der Waals surface area (Å²) in [5.41, 5.74) is 0.627. The van der Waals surface area contributed by atoms with Gasteiger partial charge in [-0.3, -0.25) is 0 Å². The lowest BCUT2D eigenvalue weighted by Gasteiger charge is -2.08. The molecule has 0 spiro atoms. The molecule has 0 unspecified atom stereocenters. The van der Waals surface area contributed by atoms with Crippen LogP contribution in [0.15, 0.2) is 66.7 Å². The van der Waals surface area contributed by atoms with Crippen molar-refractivity contribution in [1.29, 1.82) is 0 Å². The van der Waals surface area contributed by atoms with Crippen LogP contribution in [0.4, 0.5) is 0 Å². The van der Waals surface area contributed by atoms with Gasteiger partial charge in [0.1, 0.15) is 12.4 Å². The van der Waals surface area contributed by atoms with Crippen LogP contribution in [-0.2, 0) is 4.74 Å². The fourth-order valence-electron chi connectivity index (χ4n) is 2.41. The predicted octanol–water partition coefficient (Wildman–Crippen LogP) is 3.21. The van der Waals surface area contributed by atoms with Crippen molar-refractivity contribution in [2.45, 2.75) is 0 Å². The maximum atomic E-state index is 12.3. The summed E-state index contributed by atoms with van der Waals surface area (Å²) in [6, 6.07) is 19.1. The highest BCUT2D eigenvalue weighted by molar-refractivity contribution is 5.96. The Morgan fingerprint density at radius 2 is 1.44 bits per heavy atom. The van der Waals surface area contributed by atoms with E-state index in [1.807, 2.05) is 36.4 Å². The molecule has 3 aromatic rings. The van der Waals surface area contributed by atoms with E-state index in [0.29, 0.717) is 16.9 Å². The lowest BCUT2D eigenvalue weighted by Crippen LogP contribution is -2.11. The van der Waals surface area contributed by atoms with Crippen molar-refractivity contribution >= 4 is 22.7 Å². The molecule has 0 bridgehead atoms. The van der Waals surface area contributed by atoms with Crippen molar-refractivity contribution in [1.82, 2.24) is 0 Å². The van der Waals surface area contributed by atoms with E-state index in [9.17, 15) is 9.59 Å². The van der Waals surface area contributed by atoms with Gasteiger partial charge in [0.15, 0.2) is 0 Å². The summed E-state index contributed by atoms with van der Waals surface area (Å²) in [5.74, 6) is -0.579. The summed E-state index contributed by atoms with van der Waals surface area (Å²) in [5, 5.41) is 10.5. The molecule has 0 amide bonds. The second-order valence-electron chi connectivity index (χ2n) is 5.30. The summed E-state index contributed by atoms with van der Waals surface area (Å²) in [6.07, 6.45) is 0. The molecule has 0 aliphatic carbocycles. The maximum absolute atomic E-state index is 12.3. The summed E-state index contributed by atoms with van der Waals surface area (Å²) < 4.78 is 10.3. The Morgan fingerprint density at radius 1 is 0.800 bits per heavy atom. The molecule has 5 nitrogen and oxygen atoms in total. The van der Waals surface area contributed by atoms with Gasteiger partial charge in [0.2, 0.25) is 0 Å². The topological polar surface area (TPSA) is 72.8 Å². The maximum Gasteiger partial charge on any atom is 0.343 e. The molecular weight excluding hydrogens is 320 g/mol. The number of rotatable bonds is 5. The largest absolute Gasteiger partial charge is 0.460 e. The van der Waals surface area contributed by atoms with Crippen LogP contribution >= 0.6 is 0 Å². The van der Waals surface area contributed by atoms with Gasteiger partial charge in [-0.25, -0.2) is 9.59 Å². The molecule has 3 rings (SSSR count). The standard InChI is InChI=1S/C20H16O5/c21-12-13-24-19(22)15-8-10-16(11-9-15)20(23)25-18-7-3-5-14-4-1-2-6-17(14)18/h1-11,21H,12-13H2. The van der Waals surface area contributed by atoms with Crippen molar-refractivity contribution in [3.05, 3.63) is 77.9 Å². The molecule has 3 aromatic carbocycles. The lowest BCUT2D eigenvalue weighted by atomic mass is 10.1. The first kappa shape index (κ1) is 16.7. The van der Waals surface area contributed by atoms with Crippen molar-refractivity contribution in [3.8, 4) is 5.75 Å². The number of fused-ring (bicyclic) bond motifs is 1. The van der Waals surface area contributed by atoms with Gasteiger partial charge >= 0.3 is 11.9 Å². The van der Waals surface area contributed by atoms with Gasteiger partial charge in [0, 0.05) is 5.39 Å². The molecule has 0 atom stereocenters. The number of esters is 2. The molecule has 0 aliphatic heterocycles. The van der Waals surface area contributed by atoms with E-state index in [4.69, 9.17) is 14.6 Å². The van der Waals surface area contributed by atoms with Crippen LogP contribution in [0.5, 0.6) is 5.75 Å². The Bertz CT molecular complexity index is 894. The van der Waals surface area contributed by atoms with Gasteiger partial charge in [0.05, 0.1) is 17.7 Å². The molecule has 25 heavy (non-hydrogen) atoms. The van der Waals surface area contributed by atoms with E-state index in [-0.39, 0.29) is 13.2 Å². The third-order valence-electron chi connectivity index (χ3n) is 3.63. The average Bonchev–Trinajstić information content (AvgIpc) is 2.66. The number of carbonyl (C=O) groups excluding carboxylic acids is 2. The SMILES string of the molecule is O=C(OCCO)c1ccc(C(=O)Oc2cccc3ccccc23)cc1. The fraction of sp³-hybridized carbons (Fsp3) is 0.100. The summed E-state index contributed by atoms with van der Waals surface area (Å²) in [7, 11) is 0. The van der Waals surface area contributed by atoms with Crippen molar-refractivity contribution in [3.63, 3.8) is 0 Å². The van der Waals surface area contributed by atoms with Crippen LogP contribution in [-0.4, -0.2) is 30.3 Å². The second-order valence-corrected chi connectivity index (χ2v) is 5.30. The van der Waals surface area contributed by atoms with E-state index in [1.165, 1.54) is 24.3 Å². The third kappa shape index (κ3) is 3.84. The number of ether oxygens (including phenoxy) is 2. The van der Waals surface area contributed by atoms with E-state index in [0.717, 1.165) is 10.8 Å². The quantitative estimate of drug-likeness (QED) is 0.572. The van der Waals surface area contributed by atoms with Crippen LogP contribution in [0.3, 0.4) is 0 Å². The number of carbonyl (C=O) groups is 2. The average molecular weight is 336 g/mol. The van der Waals surface area contributed by atoms with Crippen molar-refractivity contribution < 1.29 is 24.2 Å². The number of hydrogen-bond acceptors (Lipinski definition) is 5. The van der Waals surface area contributed by atoms with E-state index < -0.39 is 11.9 Å². The van der Waals surface area contributed by atoms with Gasteiger partial charge in [-0.05, 0) is 35.7 Å². The Labute approximate surface area is 144 Å². The molecule has 0 radical (unpaired) electrons. The Kier molecular flexibility index (Phi) is 5.06. The molecule has 1 N–H and O–H groups in total. The zero-order valence-corrected chi connectivity index (χ0v) is 13.3. The summed E-state index contributed by atoms with van der Waals surface area (Å²) in [4.78, 5) is 24.0. The minimum absolute atomic E-state index is 0.0658. The van der Waals surface area contributed by atoms with Gasteiger partial charge < -0.3 is 14.6 Å². The molecule has 0 saturated carbocycles. The van der Waals surface area contributed by atoms with E-state index in [2.05, 4.69) is 0 Å². The van der Waals surface area contributed by atoms with Gasteiger partial charge in [-0.15, -0.1) is 0 Å². The number of benzene rings is 3. The monoisotopic (exact) mass is 336 g/mol. The van der Waals surface area contributed by atoms with Crippen LogP contribution in [0.1, 0.15) is 20.7 Å². The molecule has 5 heteroatoms. The molecule has 0 fully saturated rings. The predicted molar refractivity (Wildman–Crippen MR) is 92.7 cm³/mol. The highest BCUT2D eigenvalue weighted by Crippen LogP contribution is 2.26. The molecule has 0 aromatic heterocycles. The molecule has 0 saturated heterocycles.